The molecule has 2 heterocycles. The second kappa shape index (κ2) is 5.22. The predicted octanol–water partition coefficient (Wildman–Crippen LogP) is 1.09. The van der Waals surface area contributed by atoms with Gasteiger partial charge in [0.2, 0.25) is 0 Å². The van der Waals surface area contributed by atoms with Crippen LogP contribution in [0.15, 0.2) is 41.1 Å². The number of aromatic nitrogens is 2. The van der Waals surface area contributed by atoms with Crippen molar-refractivity contribution in [1.29, 1.82) is 0 Å². The number of nitrogens with one attached hydrogen (secondary N) is 1. The average molecular weight is 234 g/mol. The molecule has 0 aromatic carbocycles. The molecule has 0 radical (unpaired) electrons. The third-order valence-corrected chi connectivity index (χ3v) is 2.60. The minimum Gasteiger partial charge on any atom is -0.271 e. The summed E-state index contributed by atoms with van der Waals surface area (Å²) < 4.78 is 1.54. The van der Waals surface area contributed by atoms with Gasteiger partial charge < -0.3 is 0 Å². The van der Waals surface area contributed by atoms with Gasteiger partial charge in [0.25, 0.3) is 5.91 Å². The lowest BCUT2D eigenvalue weighted by molar-refractivity contribution is -0.121. The van der Waals surface area contributed by atoms with Crippen LogP contribution in [0.3, 0.4) is 0 Å². The summed E-state index contributed by atoms with van der Waals surface area (Å²) in [6, 6.07) is 5.62. The van der Waals surface area contributed by atoms with Crippen LogP contribution in [0.1, 0.15) is 4.88 Å². The van der Waals surface area contributed by atoms with Crippen molar-refractivity contribution in [1.82, 2.24) is 15.2 Å². The quantitative estimate of drug-likeness (QED) is 0.636. The fourth-order valence-corrected chi connectivity index (χ4v) is 1.69. The molecule has 16 heavy (non-hydrogen) atoms. The number of rotatable bonds is 4. The minimum atomic E-state index is -0.198. The second-order valence-corrected chi connectivity index (χ2v) is 3.99. The summed E-state index contributed by atoms with van der Waals surface area (Å²) in [4.78, 5) is 12.4. The van der Waals surface area contributed by atoms with Gasteiger partial charge in [0, 0.05) is 17.3 Å². The Labute approximate surface area is 96.4 Å². The number of amides is 1. The molecule has 5 nitrogen and oxygen atoms in total. The van der Waals surface area contributed by atoms with E-state index in [1.807, 2.05) is 17.5 Å². The summed E-state index contributed by atoms with van der Waals surface area (Å²) in [5.74, 6) is -0.198. The molecule has 0 aliphatic rings. The lowest BCUT2D eigenvalue weighted by atomic mass is 10.5. The Morgan fingerprint density at radius 1 is 1.62 bits per heavy atom. The zero-order valence-corrected chi connectivity index (χ0v) is 9.22. The summed E-state index contributed by atoms with van der Waals surface area (Å²) in [5.41, 5.74) is 2.44. The first-order valence-electron chi connectivity index (χ1n) is 4.67. The normalized spacial score (nSPS) is 10.8. The monoisotopic (exact) mass is 234 g/mol. The van der Waals surface area contributed by atoms with Gasteiger partial charge in [-0.05, 0) is 17.5 Å². The fraction of sp³-hybridized carbons (Fsp3) is 0.100. The Bertz CT molecular complexity index is 461. The van der Waals surface area contributed by atoms with Crippen LogP contribution >= 0.6 is 11.3 Å². The van der Waals surface area contributed by atoms with Gasteiger partial charge in [0.1, 0.15) is 6.54 Å². The SMILES string of the molecule is O=C(Cn1cccn1)N/N=C/c1cccs1. The summed E-state index contributed by atoms with van der Waals surface area (Å²) >= 11 is 1.56. The minimum absolute atomic E-state index is 0.175. The molecule has 0 spiro atoms. The number of hydrogen-bond acceptors (Lipinski definition) is 4. The number of hydrazone groups is 1. The van der Waals surface area contributed by atoms with Crippen LogP contribution in [0.2, 0.25) is 0 Å². The molecule has 0 aliphatic heterocycles. The molecule has 0 saturated carbocycles. The van der Waals surface area contributed by atoms with Gasteiger partial charge in [-0.3, -0.25) is 9.48 Å². The zero-order chi connectivity index (χ0) is 11.2. The van der Waals surface area contributed by atoms with E-state index in [4.69, 9.17) is 0 Å². The Balaban J connectivity index is 1.80. The lowest BCUT2D eigenvalue weighted by Gasteiger charge is -1.98. The van der Waals surface area contributed by atoms with Crippen molar-refractivity contribution in [2.45, 2.75) is 6.54 Å². The number of nitrogens with zero attached hydrogens (tertiary/aromatic N) is 3. The molecule has 0 bridgehead atoms. The summed E-state index contributed by atoms with van der Waals surface area (Å²) in [7, 11) is 0. The van der Waals surface area contributed by atoms with Gasteiger partial charge >= 0.3 is 0 Å². The molecule has 82 valence electrons. The molecule has 6 heteroatoms. The van der Waals surface area contributed by atoms with E-state index in [0.29, 0.717) is 0 Å². The van der Waals surface area contributed by atoms with Crippen LogP contribution < -0.4 is 5.43 Å². The largest absolute Gasteiger partial charge is 0.271 e. The molecule has 2 aromatic heterocycles. The van der Waals surface area contributed by atoms with E-state index in [9.17, 15) is 4.79 Å². The number of carbonyl (C=O) groups is 1. The Kier molecular flexibility index (Phi) is 3.45. The maximum atomic E-state index is 11.4. The van der Waals surface area contributed by atoms with Crippen LogP contribution in [0, 0.1) is 0 Å². The first-order valence-corrected chi connectivity index (χ1v) is 5.55. The highest BCUT2D eigenvalue weighted by Crippen LogP contribution is 2.03. The van der Waals surface area contributed by atoms with Crippen molar-refractivity contribution in [3.8, 4) is 0 Å². The van der Waals surface area contributed by atoms with Crippen molar-refractivity contribution in [2.75, 3.05) is 0 Å². The molecule has 0 fully saturated rings. The number of carbonyl (C=O) groups excluding carboxylic acids is 1. The van der Waals surface area contributed by atoms with Gasteiger partial charge in [0.15, 0.2) is 0 Å². The summed E-state index contributed by atoms with van der Waals surface area (Å²) in [6.07, 6.45) is 4.97. The van der Waals surface area contributed by atoms with E-state index in [0.717, 1.165) is 4.88 Å². The van der Waals surface area contributed by atoms with E-state index in [1.54, 1.807) is 36.0 Å². The van der Waals surface area contributed by atoms with Gasteiger partial charge in [0.05, 0.1) is 6.21 Å². The molecule has 2 aromatic rings. The van der Waals surface area contributed by atoms with E-state index >= 15 is 0 Å². The zero-order valence-electron chi connectivity index (χ0n) is 8.41. The molecule has 0 atom stereocenters. The van der Waals surface area contributed by atoms with Crippen LogP contribution in [-0.4, -0.2) is 21.9 Å². The molecule has 0 aliphatic carbocycles. The smallest absolute Gasteiger partial charge is 0.261 e. The van der Waals surface area contributed by atoms with Gasteiger partial charge in [-0.2, -0.15) is 10.2 Å². The first-order chi connectivity index (χ1) is 7.84. The topological polar surface area (TPSA) is 59.3 Å². The summed E-state index contributed by atoms with van der Waals surface area (Å²) in [6.45, 7) is 0.175. The Morgan fingerprint density at radius 3 is 3.25 bits per heavy atom. The van der Waals surface area contributed by atoms with Crippen molar-refractivity contribution in [3.05, 3.63) is 40.8 Å². The highest BCUT2D eigenvalue weighted by molar-refractivity contribution is 7.11. The van der Waals surface area contributed by atoms with Crippen molar-refractivity contribution >= 4 is 23.5 Å². The maximum absolute atomic E-state index is 11.4. The third kappa shape index (κ3) is 3.03. The predicted molar refractivity (Wildman–Crippen MR) is 62.3 cm³/mol. The van der Waals surface area contributed by atoms with Gasteiger partial charge in [-0.15, -0.1) is 11.3 Å². The van der Waals surface area contributed by atoms with Crippen LogP contribution in [-0.2, 0) is 11.3 Å². The molecular weight excluding hydrogens is 224 g/mol. The average Bonchev–Trinajstić information content (AvgIpc) is 2.90. The molecule has 0 saturated heterocycles. The van der Waals surface area contributed by atoms with Crippen LogP contribution in [0.25, 0.3) is 0 Å². The van der Waals surface area contributed by atoms with Crippen LogP contribution in [0.5, 0.6) is 0 Å². The number of hydrogen-bond donors (Lipinski definition) is 1. The van der Waals surface area contributed by atoms with E-state index in [2.05, 4.69) is 15.6 Å². The van der Waals surface area contributed by atoms with Crippen molar-refractivity contribution in [2.24, 2.45) is 5.10 Å². The standard InChI is InChI=1S/C10H10N4OS/c15-10(8-14-5-2-4-12-14)13-11-7-9-3-1-6-16-9/h1-7H,8H2,(H,13,15)/b11-7+. The Hall–Kier alpha value is -1.95. The molecule has 0 unspecified atom stereocenters. The van der Waals surface area contributed by atoms with Gasteiger partial charge in [-0.25, -0.2) is 5.43 Å². The van der Waals surface area contributed by atoms with E-state index < -0.39 is 0 Å². The third-order valence-electron chi connectivity index (χ3n) is 1.79. The second-order valence-electron chi connectivity index (χ2n) is 3.01. The highest BCUT2D eigenvalue weighted by Gasteiger charge is 1.99. The molecule has 2 rings (SSSR count). The maximum Gasteiger partial charge on any atom is 0.261 e. The van der Waals surface area contributed by atoms with Crippen molar-refractivity contribution in [3.63, 3.8) is 0 Å². The molecule has 1 amide bonds. The van der Waals surface area contributed by atoms with Gasteiger partial charge in [-0.1, -0.05) is 6.07 Å². The Morgan fingerprint density at radius 2 is 2.56 bits per heavy atom. The van der Waals surface area contributed by atoms with E-state index in [-0.39, 0.29) is 12.5 Å². The molecular formula is C10H10N4OS. The lowest BCUT2D eigenvalue weighted by Crippen LogP contribution is -2.23. The fourth-order valence-electron chi connectivity index (χ4n) is 1.11. The van der Waals surface area contributed by atoms with Crippen molar-refractivity contribution < 1.29 is 4.79 Å². The van der Waals surface area contributed by atoms with E-state index in [1.165, 1.54) is 4.68 Å². The number of thiophene rings is 1. The summed E-state index contributed by atoms with van der Waals surface area (Å²) in [5, 5.41) is 9.71. The molecule has 1 N–H and O–H groups in total. The van der Waals surface area contributed by atoms with Crippen LogP contribution in [0.4, 0.5) is 0 Å². The first kappa shape index (κ1) is 10.6. The highest BCUT2D eigenvalue weighted by atomic mass is 32.1.